The van der Waals surface area contributed by atoms with Crippen LogP contribution in [-0.2, 0) is 0 Å². The van der Waals surface area contributed by atoms with Crippen LogP contribution in [0.2, 0.25) is 0 Å². The Hall–Kier alpha value is -5.08. The van der Waals surface area contributed by atoms with E-state index in [1.54, 1.807) is 0 Å². The van der Waals surface area contributed by atoms with Gasteiger partial charge in [0, 0.05) is 34.1 Å². The quantitative estimate of drug-likeness (QED) is 0.179. The second-order valence-corrected chi connectivity index (χ2v) is 10.7. The molecule has 2 nitrogen and oxygen atoms in total. The first-order valence-corrected chi connectivity index (χ1v) is 14.8. The van der Waals surface area contributed by atoms with Gasteiger partial charge in [-0.15, -0.1) is 0 Å². The molecule has 6 aromatic rings. The minimum absolute atomic E-state index is 0.550. The summed E-state index contributed by atoms with van der Waals surface area (Å²) in [7, 11) is 0. The molecule has 6 aromatic carbocycles. The van der Waals surface area contributed by atoms with Crippen LogP contribution in [0.3, 0.4) is 0 Å². The number of rotatable bonds is 9. The Morgan fingerprint density at radius 2 is 0.690 bits per heavy atom. The fourth-order valence-electron chi connectivity index (χ4n) is 5.42. The van der Waals surface area contributed by atoms with Crippen molar-refractivity contribution in [3.63, 3.8) is 0 Å². The molecule has 0 aliphatic rings. The summed E-state index contributed by atoms with van der Waals surface area (Å²) in [6.45, 7) is 4.53. The maximum absolute atomic E-state index is 2.33. The number of hydrogen-bond donors (Lipinski definition) is 0. The molecule has 0 bridgehead atoms. The predicted molar refractivity (Wildman–Crippen MR) is 180 cm³/mol. The van der Waals surface area contributed by atoms with Crippen molar-refractivity contribution in [2.24, 2.45) is 0 Å². The second kappa shape index (κ2) is 12.6. The van der Waals surface area contributed by atoms with E-state index >= 15 is 0 Å². The summed E-state index contributed by atoms with van der Waals surface area (Å²) in [5.41, 5.74) is 10.6. The van der Waals surface area contributed by atoms with Crippen molar-refractivity contribution < 1.29 is 0 Å². The Bertz CT molecular complexity index is 1680. The zero-order chi connectivity index (χ0) is 28.7. The topological polar surface area (TPSA) is 6.48 Å². The van der Waals surface area contributed by atoms with E-state index in [4.69, 9.17) is 0 Å². The van der Waals surface area contributed by atoms with Crippen molar-refractivity contribution >= 4 is 34.1 Å². The smallest absolute Gasteiger partial charge is 0.0463 e. The van der Waals surface area contributed by atoms with Gasteiger partial charge in [0.25, 0.3) is 0 Å². The maximum Gasteiger partial charge on any atom is 0.0463 e. The van der Waals surface area contributed by atoms with Gasteiger partial charge >= 0.3 is 0 Å². The molecule has 0 aliphatic heterocycles. The van der Waals surface area contributed by atoms with Gasteiger partial charge in [0.05, 0.1) is 0 Å². The summed E-state index contributed by atoms with van der Waals surface area (Å²) in [6, 6.07) is 58.4. The van der Waals surface area contributed by atoms with Gasteiger partial charge in [0.1, 0.15) is 0 Å². The van der Waals surface area contributed by atoms with Gasteiger partial charge in [-0.1, -0.05) is 105 Å². The van der Waals surface area contributed by atoms with Crippen LogP contribution in [0, 0.1) is 0 Å². The molecule has 0 aliphatic carbocycles. The van der Waals surface area contributed by atoms with Crippen LogP contribution in [0.4, 0.5) is 34.1 Å². The molecular formula is C40H36N2. The largest absolute Gasteiger partial charge is 0.311 e. The summed E-state index contributed by atoms with van der Waals surface area (Å²) in [5.74, 6) is 0.550. The fourth-order valence-corrected chi connectivity index (χ4v) is 5.42. The number of para-hydroxylation sites is 2. The van der Waals surface area contributed by atoms with Crippen molar-refractivity contribution in [1.82, 2.24) is 0 Å². The van der Waals surface area contributed by atoms with E-state index < -0.39 is 0 Å². The number of hydrogen-bond acceptors (Lipinski definition) is 2. The van der Waals surface area contributed by atoms with Gasteiger partial charge < -0.3 is 9.80 Å². The van der Waals surface area contributed by atoms with Gasteiger partial charge in [-0.25, -0.2) is 0 Å². The third-order valence-electron chi connectivity index (χ3n) is 7.96. The third kappa shape index (κ3) is 5.84. The minimum atomic E-state index is 0.550. The molecule has 1 unspecified atom stereocenters. The van der Waals surface area contributed by atoms with Gasteiger partial charge in [-0.3, -0.25) is 0 Å². The molecule has 0 saturated carbocycles. The van der Waals surface area contributed by atoms with E-state index in [-0.39, 0.29) is 0 Å². The van der Waals surface area contributed by atoms with E-state index in [0.717, 1.165) is 40.5 Å². The van der Waals surface area contributed by atoms with E-state index in [9.17, 15) is 0 Å². The first-order chi connectivity index (χ1) is 20.7. The van der Waals surface area contributed by atoms with Gasteiger partial charge in [-0.05, 0) is 102 Å². The van der Waals surface area contributed by atoms with E-state index in [0.29, 0.717) is 5.92 Å². The highest BCUT2D eigenvalue weighted by Gasteiger charge is 2.16. The lowest BCUT2D eigenvalue weighted by molar-refractivity contribution is 0.733. The lowest BCUT2D eigenvalue weighted by Gasteiger charge is -2.28. The SMILES string of the molecule is CCC(C)c1ccc(N(c2ccccc2)c2ccc(N(c3ccccc3)c3ccc(-c4ccccc4)cc3)cc2)cc1. The highest BCUT2D eigenvalue weighted by atomic mass is 15.2. The number of anilines is 6. The molecule has 6 rings (SSSR count). The summed E-state index contributed by atoms with van der Waals surface area (Å²) in [6.07, 6.45) is 1.14. The maximum atomic E-state index is 2.33. The van der Waals surface area contributed by atoms with Crippen LogP contribution in [0.5, 0.6) is 0 Å². The normalized spacial score (nSPS) is 11.6. The fraction of sp³-hybridized carbons (Fsp3) is 0.100. The van der Waals surface area contributed by atoms with Gasteiger partial charge in [-0.2, -0.15) is 0 Å². The molecule has 0 radical (unpaired) electrons. The average molecular weight is 545 g/mol. The lowest BCUT2D eigenvalue weighted by atomic mass is 9.98. The Kier molecular flexibility index (Phi) is 8.14. The molecule has 1 atom stereocenters. The van der Waals surface area contributed by atoms with Crippen LogP contribution in [0.25, 0.3) is 11.1 Å². The first-order valence-electron chi connectivity index (χ1n) is 14.8. The summed E-state index contributed by atoms with van der Waals surface area (Å²) < 4.78 is 0. The Morgan fingerprint density at radius 1 is 0.381 bits per heavy atom. The summed E-state index contributed by atoms with van der Waals surface area (Å²) in [5, 5.41) is 0. The van der Waals surface area contributed by atoms with Crippen molar-refractivity contribution in [3.8, 4) is 11.1 Å². The summed E-state index contributed by atoms with van der Waals surface area (Å²) >= 11 is 0. The standard InChI is InChI=1S/C40H36N2/c1-3-31(2)32-19-23-37(24-20-32)41(35-15-9-5-10-16-35)39-27-29-40(30-28-39)42(36-17-11-6-12-18-36)38-25-21-34(22-26-38)33-13-7-4-8-14-33/h4-31H,3H2,1-2H3. The summed E-state index contributed by atoms with van der Waals surface area (Å²) in [4.78, 5) is 4.64. The molecule has 0 spiro atoms. The molecule has 0 N–H and O–H groups in total. The molecule has 0 aromatic heterocycles. The van der Waals surface area contributed by atoms with Crippen molar-refractivity contribution in [2.75, 3.05) is 9.80 Å². The van der Waals surface area contributed by atoms with E-state index in [1.165, 1.54) is 16.7 Å². The highest BCUT2D eigenvalue weighted by molar-refractivity contribution is 5.81. The van der Waals surface area contributed by atoms with Crippen LogP contribution < -0.4 is 9.80 Å². The molecule has 2 heteroatoms. The van der Waals surface area contributed by atoms with Gasteiger partial charge in [0.2, 0.25) is 0 Å². The van der Waals surface area contributed by atoms with Crippen molar-refractivity contribution in [3.05, 3.63) is 169 Å². The lowest BCUT2D eigenvalue weighted by Crippen LogP contribution is -2.12. The molecule has 0 amide bonds. The Labute approximate surface area is 250 Å². The van der Waals surface area contributed by atoms with Gasteiger partial charge in [0.15, 0.2) is 0 Å². The molecule has 206 valence electrons. The van der Waals surface area contributed by atoms with Crippen LogP contribution >= 0.6 is 0 Å². The highest BCUT2D eigenvalue weighted by Crippen LogP contribution is 2.39. The monoisotopic (exact) mass is 544 g/mol. The molecule has 0 fully saturated rings. The van der Waals surface area contributed by atoms with E-state index in [1.807, 2.05) is 0 Å². The number of benzene rings is 6. The average Bonchev–Trinajstić information content (AvgIpc) is 3.07. The molecular weight excluding hydrogens is 508 g/mol. The Morgan fingerprint density at radius 3 is 1.10 bits per heavy atom. The van der Waals surface area contributed by atoms with Crippen LogP contribution in [-0.4, -0.2) is 0 Å². The zero-order valence-electron chi connectivity index (χ0n) is 24.3. The zero-order valence-corrected chi connectivity index (χ0v) is 24.3. The Balaban J connectivity index is 1.37. The predicted octanol–water partition coefficient (Wildman–Crippen LogP) is 11.8. The third-order valence-corrected chi connectivity index (χ3v) is 7.96. The molecule has 0 heterocycles. The van der Waals surface area contributed by atoms with Crippen LogP contribution in [0.1, 0.15) is 31.7 Å². The molecule has 42 heavy (non-hydrogen) atoms. The minimum Gasteiger partial charge on any atom is -0.311 e. The van der Waals surface area contributed by atoms with Crippen molar-refractivity contribution in [1.29, 1.82) is 0 Å². The number of nitrogens with zero attached hydrogens (tertiary/aromatic N) is 2. The van der Waals surface area contributed by atoms with Crippen LogP contribution in [0.15, 0.2) is 164 Å². The molecule has 0 saturated heterocycles. The van der Waals surface area contributed by atoms with Crippen molar-refractivity contribution in [2.45, 2.75) is 26.2 Å². The van der Waals surface area contributed by atoms with E-state index in [2.05, 4.69) is 187 Å². The first kappa shape index (κ1) is 27.1. The second-order valence-electron chi connectivity index (χ2n) is 10.7.